The number of rotatable bonds is 8. The molecular weight excluding hydrogens is 442 g/mol. The van der Waals surface area contributed by atoms with E-state index in [4.69, 9.17) is 18.7 Å². The van der Waals surface area contributed by atoms with Gasteiger partial charge in [-0.05, 0) is 44.2 Å². The molecule has 0 spiro atoms. The minimum atomic E-state index is -0.300. The Hall–Kier alpha value is -3.85. The van der Waals surface area contributed by atoms with Gasteiger partial charge in [-0.25, -0.2) is 4.98 Å². The number of hydrogen-bond acceptors (Lipinski definition) is 8. The lowest BCUT2D eigenvalue weighted by Gasteiger charge is -2.12. The molecule has 1 amide bonds. The molecular formula is C24H23N3O5S. The number of carbonyl (C=O) groups excluding carboxylic acids is 1. The summed E-state index contributed by atoms with van der Waals surface area (Å²) in [7, 11) is 3.14. The second-order valence-electron chi connectivity index (χ2n) is 7.15. The van der Waals surface area contributed by atoms with Gasteiger partial charge in [0.1, 0.15) is 18.1 Å². The van der Waals surface area contributed by atoms with Crippen LogP contribution in [0.3, 0.4) is 0 Å². The van der Waals surface area contributed by atoms with Crippen LogP contribution < -0.4 is 19.5 Å². The van der Waals surface area contributed by atoms with Crippen molar-refractivity contribution in [1.82, 2.24) is 10.1 Å². The topological polar surface area (TPSA) is 95.7 Å². The van der Waals surface area contributed by atoms with E-state index in [0.717, 1.165) is 28.3 Å². The maximum atomic E-state index is 12.8. The van der Waals surface area contributed by atoms with E-state index in [1.807, 2.05) is 43.5 Å². The van der Waals surface area contributed by atoms with Crippen molar-refractivity contribution < 1.29 is 23.5 Å². The number of amides is 1. The molecule has 1 N–H and O–H groups in total. The third-order valence-electron chi connectivity index (χ3n) is 5.09. The number of nitrogens with zero attached hydrogens (tertiary/aromatic N) is 2. The number of ether oxygens (including phenoxy) is 3. The largest absolute Gasteiger partial charge is 0.496 e. The average Bonchev–Trinajstić information content (AvgIpc) is 3.43. The second-order valence-corrected chi connectivity index (χ2v) is 8.01. The Balaban J connectivity index is 1.47. The predicted octanol–water partition coefficient (Wildman–Crippen LogP) is 5.26. The Labute approximate surface area is 195 Å². The van der Waals surface area contributed by atoms with Crippen LogP contribution in [0.5, 0.6) is 17.2 Å². The van der Waals surface area contributed by atoms with Crippen molar-refractivity contribution in [1.29, 1.82) is 0 Å². The fourth-order valence-electron chi connectivity index (χ4n) is 3.27. The van der Waals surface area contributed by atoms with Gasteiger partial charge in [-0.3, -0.25) is 10.1 Å². The molecule has 8 nitrogen and oxygen atoms in total. The van der Waals surface area contributed by atoms with Gasteiger partial charge in [-0.1, -0.05) is 17.3 Å². The number of methoxy groups -OCH3 is 2. The van der Waals surface area contributed by atoms with Crippen LogP contribution >= 0.6 is 11.3 Å². The number of para-hydroxylation sites is 1. The maximum absolute atomic E-state index is 12.8. The Bertz CT molecular complexity index is 1260. The van der Waals surface area contributed by atoms with E-state index in [0.29, 0.717) is 28.0 Å². The maximum Gasteiger partial charge on any atom is 0.257 e. The number of carbonyl (C=O) groups is 1. The summed E-state index contributed by atoms with van der Waals surface area (Å²) >= 11 is 1.34. The molecule has 2 heterocycles. The van der Waals surface area contributed by atoms with E-state index >= 15 is 0 Å². The Morgan fingerprint density at radius 3 is 2.58 bits per heavy atom. The van der Waals surface area contributed by atoms with Gasteiger partial charge in [0.25, 0.3) is 5.91 Å². The van der Waals surface area contributed by atoms with Crippen molar-refractivity contribution >= 4 is 22.4 Å². The summed E-state index contributed by atoms with van der Waals surface area (Å²) in [6.07, 6.45) is 0. The van der Waals surface area contributed by atoms with Gasteiger partial charge in [-0.15, -0.1) is 11.3 Å². The molecule has 0 saturated carbocycles. The molecule has 0 aliphatic carbocycles. The van der Waals surface area contributed by atoms with Crippen LogP contribution in [0.15, 0.2) is 52.4 Å². The first kappa shape index (κ1) is 22.3. The van der Waals surface area contributed by atoms with Crippen LogP contribution in [0.4, 0.5) is 5.13 Å². The number of hydrogen-bond donors (Lipinski definition) is 1. The molecule has 4 rings (SSSR count). The third kappa shape index (κ3) is 4.83. The zero-order valence-corrected chi connectivity index (χ0v) is 19.5. The van der Waals surface area contributed by atoms with Gasteiger partial charge in [-0.2, -0.15) is 0 Å². The van der Waals surface area contributed by atoms with E-state index in [-0.39, 0.29) is 12.5 Å². The monoisotopic (exact) mass is 465 g/mol. The Morgan fingerprint density at radius 2 is 1.85 bits per heavy atom. The van der Waals surface area contributed by atoms with Crippen molar-refractivity contribution in [3.05, 3.63) is 70.4 Å². The summed E-state index contributed by atoms with van der Waals surface area (Å²) in [5.74, 6) is 2.09. The van der Waals surface area contributed by atoms with Crippen molar-refractivity contribution in [2.75, 3.05) is 19.5 Å². The molecule has 0 radical (unpaired) electrons. The molecule has 2 aromatic heterocycles. The van der Waals surface area contributed by atoms with Gasteiger partial charge in [0.05, 0.1) is 31.2 Å². The van der Waals surface area contributed by atoms with Gasteiger partial charge in [0, 0.05) is 16.5 Å². The zero-order chi connectivity index (χ0) is 23.4. The van der Waals surface area contributed by atoms with Crippen LogP contribution in [0.25, 0.3) is 11.3 Å². The highest BCUT2D eigenvalue weighted by atomic mass is 32.1. The molecule has 0 fully saturated rings. The molecule has 0 aliphatic rings. The lowest BCUT2D eigenvalue weighted by atomic mass is 10.1. The standard InChI is InChI=1S/C24H23N3O5S/c1-14-18(15(2)32-27-14)12-31-21-10-9-16(11-22(21)30-4)23(28)26-24-25-19(13-33-24)17-7-5-6-8-20(17)29-3/h5-11,13H,12H2,1-4H3,(H,25,26,28). The smallest absolute Gasteiger partial charge is 0.257 e. The molecule has 170 valence electrons. The molecule has 0 saturated heterocycles. The van der Waals surface area contributed by atoms with Crippen LogP contribution in [-0.4, -0.2) is 30.3 Å². The van der Waals surface area contributed by atoms with E-state index < -0.39 is 0 Å². The third-order valence-corrected chi connectivity index (χ3v) is 5.84. The van der Waals surface area contributed by atoms with E-state index in [2.05, 4.69) is 15.5 Å². The first-order chi connectivity index (χ1) is 16.0. The highest BCUT2D eigenvalue weighted by Crippen LogP contribution is 2.33. The molecule has 9 heteroatoms. The molecule has 0 aliphatic heterocycles. The van der Waals surface area contributed by atoms with E-state index in [9.17, 15) is 4.79 Å². The summed E-state index contributed by atoms with van der Waals surface area (Å²) in [5, 5.41) is 9.12. The number of aryl methyl sites for hydroxylation is 2. The van der Waals surface area contributed by atoms with Crippen molar-refractivity contribution in [3.8, 4) is 28.5 Å². The summed E-state index contributed by atoms with van der Waals surface area (Å²) < 4.78 is 21.9. The summed E-state index contributed by atoms with van der Waals surface area (Å²) in [6.45, 7) is 3.98. The molecule has 2 aromatic carbocycles. The van der Waals surface area contributed by atoms with Crippen molar-refractivity contribution in [3.63, 3.8) is 0 Å². The fraction of sp³-hybridized carbons (Fsp3) is 0.208. The predicted molar refractivity (Wildman–Crippen MR) is 125 cm³/mol. The highest BCUT2D eigenvalue weighted by Gasteiger charge is 2.16. The lowest BCUT2D eigenvalue weighted by molar-refractivity contribution is 0.102. The second kappa shape index (κ2) is 9.74. The van der Waals surface area contributed by atoms with Crippen LogP contribution in [-0.2, 0) is 6.61 Å². The first-order valence-electron chi connectivity index (χ1n) is 10.1. The van der Waals surface area contributed by atoms with Gasteiger partial charge >= 0.3 is 0 Å². The number of anilines is 1. The van der Waals surface area contributed by atoms with Crippen LogP contribution in [0, 0.1) is 13.8 Å². The van der Waals surface area contributed by atoms with Gasteiger partial charge in [0.15, 0.2) is 16.6 Å². The first-order valence-corrected chi connectivity index (χ1v) is 11.0. The fourth-order valence-corrected chi connectivity index (χ4v) is 3.97. The average molecular weight is 466 g/mol. The van der Waals surface area contributed by atoms with E-state index in [1.54, 1.807) is 25.3 Å². The Morgan fingerprint density at radius 1 is 1.06 bits per heavy atom. The van der Waals surface area contributed by atoms with Gasteiger partial charge < -0.3 is 18.7 Å². The molecule has 0 bridgehead atoms. The van der Waals surface area contributed by atoms with Gasteiger partial charge in [0.2, 0.25) is 0 Å². The number of aromatic nitrogens is 2. The zero-order valence-electron chi connectivity index (χ0n) is 18.7. The van der Waals surface area contributed by atoms with Crippen LogP contribution in [0.2, 0.25) is 0 Å². The SMILES string of the molecule is COc1cc(C(=O)Nc2nc(-c3ccccc3OC)cs2)ccc1OCc1c(C)noc1C. The summed E-state index contributed by atoms with van der Waals surface area (Å²) in [5.41, 5.74) is 3.67. The summed E-state index contributed by atoms with van der Waals surface area (Å²) in [4.78, 5) is 17.3. The minimum Gasteiger partial charge on any atom is -0.496 e. The van der Waals surface area contributed by atoms with Crippen LogP contribution in [0.1, 0.15) is 27.4 Å². The number of nitrogens with one attached hydrogen (secondary N) is 1. The highest BCUT2D eigenvalue weighted by molar-refractivity contribution is 7.14. The molecule has 4 aromatic rings. The Kier molecular flexibility index (Phi) is 6.60. The van der Waals surface area contributed by atoms with Crippen molar-refractivity contribution in [2.45, 2.75) is 20.5 Å². The lowest BCUT2D eigenvalue weighted by Crippen LogP contribution is -2.12. The molecule has 0 atom stereocenters. The molecule has 0 unspecified atom stereocenters. The number of benzene rings is 2. The quantitative estimate of drug-likeness (QED) is 0.379. The van der Waals surface area contributed by atoms with E-state index in [1.165, 1.54) is 18.4 Å². The normalized spacial score (nSPS) is 10.7. The minimum absolute atomic E-state index is 0.286. The summed E-state index contributed by atoms with van der Waals surface area (Å²) in [6, 6.07) is 12.6. The van der Waals surface area contributed by atoms with Crippen molar-refractivity contribution in [2.24, 2.45) is 0 Å². The number of thiazole rings is 1. The molecule has 33 heavy (non-hydrogen) atoms.